The fourth-order valence-electron chi connectivity index (χ4n) is 1.34. The highest BCUT2D eigenvalue weighted by molar-refractivity contribution is 7.15. The Labute approximate surface area is 98.5 Å². The number of aryl methyl sites for hydroxylation is 2. The number of nitrogens with two attached hydrogens (primary N) is 1. The van der Waals surface area contributed by atoms with E-state index in [1.807, 2.05) is 6.92 Å². The molecule has 0 fully saturated rings. The number of aromatic nitrogens is 2. The van der Waals surface area contributed by atoms with Crippen LogP contribution >= 0.6 is 11.3 Å². The second kappa shape index (κ2) is 4.35. The molecule has 2 aromatic heterocycles. The van der Waals surface area contributed by atoms with Crippen LogP contribution in [0.1, 0.15) is 35.7 Å². The summed E-state index contributed by atoms with van der Waals surface area (Å²) in [6, 6.07) is 1.90. The lowest BCUT2D eigenvalue weighted by molar-refractivity contribution is 0.453. The minimum atomic E-state index is -0.164. The van der Waals surface area contributed by atoms with Gasteiger partial charge in [-0.25, -0.2) is 0 Å². The first-order valence-electron chi connectivity index (χ1n) is 5.28. The topological polar surface area (TPSA) is 64.9 Å². The lowest BCUT2D eigenvalue weighted by Crippen LogP contribution is -2.08. The van der Waals surface area contributed by atoms with Crippen LogP contribution in [0.15, 0.2) is 10.5 Å². The Morgan fingerprint density at radius 1 is 1.44 bits per heavy atom. The molecule has 0 radical (unpaired) electrons. The van der Waals surface area contributed by atoms with Crippen molar-refractivity contribution in [3.8, 4) is 10.8 Å². The van der Waals surface area contributed by atoms with Gasteiger partial charge >= 0.3 is 0 Å². The monoisotopic (exact) mass is 237 g/mol. The van der Waals surface area contributed by atoms with E-state index in [0.717, 1.165) is 11.3 Å². The van der Waals surface area contributed by atoms with Gasteiger partial charge < -0.3 is 10.2 Å². The fourth-order valence-corrected chi connectivity index (χ4v) is 2.29. The Balaban J connectivity index is 2.31. The standard InChI is InChI=1S/C11H15N3OS/c1-4-8(12)10-13-14-11(15-10)9-5-6(2)7(3)16-9/h5,8H,4,12H2,1-3H3. The van der Waals surface area contributed by atoms with Gasteiger partial charge in [-0.3, -0.25) is 0 Å². The molecule has 0 aliphatic rings. The van der Waals surface area contributed by atoms with E-state index in [2.05, 4.69) is 30.1 Å². The van der Waals surface area contributed by atoms with Gasteiger partial charge in [0, 0.05) is 4.88 Å². The van der Waals surface area contributed by atoms with Gasteiger partial charge in [-0.05, 0) is 31.9 Å². The molecule has 1 atom stereocenters. The predicted octanol–water partition coefficient (Wildman–Crippen LogP) is 2.82. The molecule has 0 bridgehead atoms. The van der Waals surface area contributed by atoms with E-state index in [1.54, 1.807) is 11.3 Å². The van der Waals surface area contributed by atoms with E-state index in [1.165, 1.54) is 10.4 Å². The third-order valence-electron chi connectivity index (χ3n) is 2.57. The van der Waals surface area contributed by atoms with Crippen LogP contribution in [0.5, 0.6) is 0 Å². The highest BCUT2D eigenvalue weighted by Gasteiger charge is 2.15. The van der Waals surface area contributed by atoms with Crippen molar-refractivity contribution >= 4 is 11.3 Å². The van der Waals surface area contributed by atoms with Crippen molar-refractivity contribution < 1.29 is 4.42 Å². The molecule has 5 heteroatoms. The summed E-state index contributed by atoms with van der Waals surface area (Å²) in [5.41, 5.74) is 7.08. The normalized spacial score (nSPS) is 13.0. The molecule has 2 N–H and O–H groups in total. The van der Waals surface area contributed by atoms with Crippen molar-refractivity contribution in [3.63, 3.8) is 0 Å². The summed E-state index contributed by atoms with van der Waals surface area (Å²) in [5, 5.41) is 7.99. The number of nitrogens with zero attached hydrogens (tertiary/aromatic N) is 2. The van der Waals surface area contributed by atoms with E-state index in [9.17, 15) is 0 Å². The SMILES string of the molecule is CCC(N)c1nnc(-c2cc(C)c(C)s2)o1. The molecule has 1 unspecified atom stereocenters. The third kappa shape index (κ3) is 2.01. The maximum atomic E-state index is 5.83. The minimum Gasteiger partial charge on any atom is -0.418 e. The second-order valence-corrected chi connectivity index (χ2v) is 5.07. The zero-order chi connectivity index (χ0) is 11.7. The van der Waals surface area contributed by atoms with E-state index in [4.69, 9.17) is 10.2 Å². The maximum Gasteiger partial charge on any atom is 0.257 e. The van der Waals surface area contributed by atoms with Gasteiger partial charge in [0.15, 0.2) is 0 Å². The summed E-state index contributed by atoms with van der Waals surface area (Å²) >= 11 is 1.66. The molecule has 2 aromatic rings. The molecule has 0 saturated carbocycles. The van der Waals surface area contributed by atoms with Crippen molar-refractivity contribution in [2.45, 2.75) is 33.2 Å². The summed E-state index contributed by atoms with van der Waals surface area (Å²) in [5.74, 6) is 1.08. The van der Waals surface area contributed by atoms with Crippen molar-refractivity contribution in [3.05, 3.63) is 22.4 Å². The molecule has 0 aliphatic heterocycles. The molecular formula is C11H15N3OS. The van der Waals surface area contributed by atoms with Gasteiger partial charge in [-0.2, -0.15) is 0 Å². The molecule has 4 nitrogen and oxygen atoms in total. The molecule has 0 aliphatic carbocycles. The van der Waals surface area contributed by atoms with Crippen LogP contribution in [0.25, 0.3) is 10.8 Å². The molecule has 2 rings (SSSR count). The molecule has 0 spiro atoms. The molecule has 0 amide bonds. The van der Waals surface area contributed by atoms with Crippen LogP contribution < -0.4 is 5.73 Å². The zero-order valence-corrected chi connectivity index (χ0v) is 10.5. The van der Waals surface area contributed by atoms with Gasteiger partial charge in [0.25, 0.3) is 5.89 Å². The molecular weight excluding hydrogens is 222 g/mol. The summed E-state index contributed by atoms with van der Waals surface area (Å²) in [6.07, 6.45) is 0.796. The predicted molar refractivity (Wildman–Crippen MR) is 64.3 cm³/mol. The number of hydrogen-bond acceptors (Lipinski definition) is 5. The smallest absolute Gasteiger partial charge is 0.257 e. The Bertz CT molecular complexity index is 470. The molecule has 0 aromatic carbocycles. The number of hydrogen-bond donors (Lipinski definition) is 1. The van der Waals surface area contributed by atoms with Gasteiger partial charge in [0.05, 0.1) is 10.9 Å². The quantitative estimate of drug-likeness (QED) is 0.891. The summed E-state index contributed by atoms with van der Waals surface area (Å²) in [7, 11) is 0. The van der Waals surface area contributed by atoms with Gasteiger partial charge in [0.1, 0.15) is 0 Å². The Kier molecular flexibility index (Phi) is 3.07. The molecule has 0 saturated heterocycles. The molecule has 2 heterocycles. The van der Waals surface area contributed by atoms with Crippen LogP contribution in [-0.4, -0.2) is 10.2 Å². The average molecular weight is 237 g/mol. The first-order chi connectivity index (χ1) is 7.61. The van der Waals surface area contributed by atoms with Crippen LogP contribution in [0.2, 0.25) is 0 Å². The summed E-state index contributed by atoms with van der Waals surface area (Å²) < 4.78 is 5.55. The van der Waals surface area contributed by atoms with Crippen LogP contribution in [0.3, 0.4) is 0 Å². The minimum absolute atomic E-state index is 0.164. The fraction of sp³-hybridized carbons (Fsp3) is 0.455. The Morgan fingerprint density at radius 3 is 2.75 bits per heavy atom. The van der Waals surface area contributed by atoms with E-state index in [-0.39, 0.29) is 6.04 Å². The van der Waals surface area contributed by atoms with Gasteiger partial charge in [-0.15, -0.1) is 21.5 Å². The lowest BCUT2D eigenvalue weighted by Gasteiger charge is -1.99. The summed E-state index contributed by atoms with van der Waals surface area (Å²) in [6.45, 7) is 6.15. The molecule has 16 heavy (non-hydrogen) atoms. The first kappa shape index (κ1) is 11.3. The maximum absolute atomic E-state index is 5.83. The van der Waals surface area contributed by atoms with Crippen LogP contribution in [0, 0.1) is 13.8 Å². The molecule has 86 valence electrons. The lowest BCUT2D eigenvalue weighted by atomic mass is 10.2. The van der Waals surface area contributed by atoms with Crippen molar-refractivity contribution in [1.29, 1.82) is 0 Å². The van der Waals surface area contributed by atoms with Crippen LogP contribution in [0.4, 0.5) is 0 Å². The van der Waals surface area contributed by atoms with E-state index < -0.39 is 0 Å². The largest absolute Gasteiger partial charge is 0.418 e. The zero-order valence-electron chi connectivity index (χ0n) is 9.65. The highest BCUT2D eigenvalue weighted by atomic mass is 32.1. The number of rotatable bonds is 3. The van der Waals surface area contributed by atoms with Crippen molar-refractivity contribution in [2.75, 3.05) is 0 Å². The van der Waals surface area contributed by atoms with Gasteiger partial charge in [0.2, 0.25) is 5.89 Å². The first-order valence-corrected chi connectivity index (χ1v) is 6.09. The van der Waals surface area contributed by atoms with Crippen LogP contribution in [-0.2, 0) is 0 Å². The van der Waals surface area contributed by atoms with Gasteiger partial charge in [-0.1, -0.05) is 6.92 Å². The van der Waals surface area contributed by atoms with E-state index in [0.29, 0.717) is 11.8 Å². The van der Waals surface area contributed by atoms with E-state index >= 15 is 0 Å². The average Bonchev–Trinajstić information content (AvgIpc) is 2.86. The second-order valence-electron chi connectivity index (χ2n) is 3.81. The third-order valence-corrected chi connectivity index (χ3v) is 3.71. The highest BCUT2D eigenvalue weighted by Crippen LogP contribution is 2.30. The Morgan fingerprint density at radius 2 is 2.19 bits per heavy atom. The Hall–Kier alpha value is -1.20. The summed E-state index contributed by atoms with van der Waals surface area (Å²) in [4.78, 5) is 2.28. The van der Waals surface area contributed by atoms with Crippen molar-refractivity contribution in [1.82, 2.24) is 10.2 Å². The van der Waals surface area contributed by atoms with Crippen molar-refractivity contribution in [2.24, 2.45) is 5.73 Å². The number of thiophene rings is 1.